The van der Waals surface area contributed by atoms with Gasteiger partial charge in [-0.1, -0.05) is 18.2 Å². The summed E-state index contributed by atoms with van der Waals surface area (Å²) >= 11 is 0. The molecule has 1 rings (SSSR count). The zero-order chi connectivity index (χ0) is 14.3. The highest BCUT2D eigenvalue weighted by Crippen LogP contribution is 2.48. The maximum Gasteiger partial charge on any atom is 0.405 e. The zero-order valence-electron chi connectivity index (χ0n) is 10.8. The Morgan fingerprint density at radius 2 is 2.00 bits per heavy atom. The Hall–Kier alpha value is -1.36. The molecule has 0 aliphatic heterocycles. The number of ether oxygens (including phenoxy) is 1. The van der Waals surface area contributed by atoms with E-state index >= 15 is 0 Å². The number of hydrogen-bond acceptors (Lipinski definition) is 6. The van der Waals surface area contributed by atoms with Crippen LogP contribution in [0.4, 0.5) is 0 Å². The Labute approximate surface area is 111 Å². The third kappa shape index (κ3) is 5.03. The summed E-state index contributed by atoms with van der Waals surface area (Å²) in [6, 6.07) is 8.28. The molecule has 0 fully saturated rings. The van der Waals surface area contributed by atoms with Gasteiger partial charge in [0.25, 0.3) is 0 Å². The molecule has 0 bridgehead atoms. The van der Waals surface area contributed by atoms with E-state index in [-0.39, 0.29) is 12.4 Å². The monoisotopic (exact) mass is 288 g/mol. The van der Waals surface area contributed by atoms with Crippen molar-refractivity contribution < 1.29 is 28.3 Å². The van der Waals surface area contributed by atoms with Crippen LogP contribution in [-0.4, -0.2) is 30.1 Å². The maximum atomic E-state index is 12.2. The molecule has 6 nitrogen and oxygen atoms in total. The Kier molecular flexibility index (Phi) is 6.02. The SMILES string of the molecule is CCOC(=O)[C@@H](C)OP(=O)(CO)Oc1ccccc1. The Balaban J connectivity index is 2.70. The van der Waals surface area contributed by atoms with E-state index < -0.39 is 26.0 Å². The van der Waals surface area contributed by atoms with Crippen LogP contribution in [0.1, 0.15) is 13.8 Å². The number of aliphatic hydroxyl groups is 1. The van der Waals surface area contributed by atoms with Crippen LogP contribution in [0.15, 0.2) is 30.3 Å². The summed E-state index contributed by atoms with van der Waals surface area (Å²) in [5, 5.41) is 9.14. The lowest BCUT2D eigenvalue weighted by atomic mass is 10.3. The normalized spacial score (nSPS) is 15.3. The van der Waals surface area contributed by atoms with E-state index in [0.717, 1.165) is 0 Å². The lowest BCUT2D eigenvalue weighted by Crippen LogP contribution is -2.23. The van der Waals surface area contributed by atoms with Crippen molar-refractivity contribution in [2.75, 3.05) is 13.0 Å². The highest BCUT2D eigenvalue weighted by molar-refractivity contribution is 7.54. The van der Waals surface area contributed by atoms with E-state index in [1.165, 1.54) is 6.92 Å². The lowest BCUT2D eigenvalue weighted by Gasteiger charge is -2.20. The molecule has 2 atom stereocenters. The lowest BCUT2D eigenvalue weighted by molar-refractivity contribution is -0.150. The first kappa shape index (κ1) is 15.7. The summed E-state index contributed by atoms with van der Waals surface area (Å²) in [5.74, 6) is -0.372. The summed E-state index contributed by atoms with van der Waals surface area (Å²) in [6.45, 7) is 3.22. The van der Waals surface area contributed by atoms with Crippen molar-refractivity contribution in [1.29, 1.82) is 0 Å². The van der Waals surface area contributed by atoms with Crippen LogP contribution >= 0.6 is 7.60 Å². The molecule has 7 heteroatoms. The van der Waals surface area contributed by atoms with E-state index in [4.69, 9.17) is 18.9 Å². The highest BCUT2D eigenvalue weighted by Gasteiger charge is 2.31. The molecule has 0 aliphatic rings. The Morgan fingerprint density at radius 1 is 1.37 bits per heavy atom. The summed E-state index contributed by atoms with van der Waals surface area (Å²) in [7, 11) is -3.80. The minimum atomic E-state index is -3.80. The number of hydrogen-bond donors (Lipinski definition) is 1. The minimum absolute atomic E-state index is 0.190. The van der Waals surface area contributed by atoms with E-state index in [1.807, 2.05) is 0 Å². The molecule has 1 aromatic rings. The summed E-state index contributed by atoms with van der Waals surface area (Å²) in [4.78, 5) is 11.4. The van der Waals surface area contributed by atoms with Crippen molar-refractivity contribution in [2.45, 2.75) is 20.0 Å². The topological polar surface area (TPSA) is 82.1 Å². The maximum absolute atomic E-state index is 12.2. The Morgan fingerprint density at radius 3 is 2.53 bits per heavy atom. The standard InChI is InChI=1S/C12H17O6P/c1-3-16-12(14)10(2)17-19(15,9-13)18-11-7-5-4-6-8-11/h4-8,10,13H,3,9H2,1-2H3/t10-,19?/m1/s1. The quantitative estimate of drug-likeness (QED) is 0.611. The molecule has 19 heavy (non-hydrogen) atoms. The molecule has 0 aliphatic carbocycles. The van der Waals surface area contributed by atoms with Gasteiger partial charge in [-0.3, -0.25) is 4.52 Å². The van der Waals surface area contributed by atoms with Crippen LogP contribution in [0.3, 0.4) is 0 Å². The molecular weight excluding hydrogens is 271 g/mol. The number of rotatable bonds is 7. The van der Waals surface area contributed by atoms with Crippen LogP contribution in [0.25, 0.3) is 0 Å². The van der Waals surface area contributed by atoms with E-state index in [9.17, 15) is 9.36 Å². The third-order valence-electron chi connectivity index (χ3n) is 2.10. The van der Waals surface area contributed by atoms with Gasteiger partial charge in [0.1, 0.15) is 5.75 Å². The van der Waals surface area contributed by atoms with Crippen molar-refractivity contribution in [3.8, 4) is 5.75 Å². The fraction of sp³-hybridized carbons (Fsp3) is 0.417. The molecule has 0 aromatic heterocycles. The zero-order valence-corrected chi connectivity index (χ0v) is 11.7. The first-order valence-corrected chi connectivity index (χ1v) is 7.53. The average Bonchev–Trinajstić information content (AvgIpc) is 2.40. The van der Waals surface area contributed by atoms with Gasteiger partial charge in [0.05, 0.1) is 6.61 Å². The molecule has 1 unspecified atom stereocenters. The van der Waals surface area contributed by atoms with Gasteiger partial charge in [-0.05, 0) is 26.0 Å². The summed E-state index contributed by atoms with van der Waals surface area (Å²) in [6.07, 6.45) is -1.91. The second-order valence-electron chi connectivity index (χ2n) is 3.66. The van der Waals surface area contributed by atoms with Crippen molar-refractivity contribution in [3.05, 3.63) is 30.3 Å². The van der Waals surface area contributed by atoms with E-state index in [2.05, 4.69) is 0 Å². The molecule has 0 spiro atoms. The van der Waals surface area contributed by atoms with Gasteiger partial charge >= 0.3 is 13.6 Å². The van der Waals surface area contributed by atoms with Crippen LogP contribution in [0.2, 0.25) is 0 Å². The van der Waals surface area contributed by atoms with Crippen LogP contribution in [0.5, 0.6) is 5.75 Å². The highest BCUT2D eigenvalue weighted by atomic mass is 31.2. The number of benzene rings is 1. The van der Waals surface area contributed by atoms with Crippen molar-refractivity contribution in [2.24, 2.45) is 0 Å². The van der Waals surface area contributed by atoms with Crippen LogP contribution < -0.4 is 4.52 Å². The fourth-order valence-electron chi connectivity index (χ4n) is 1.27. The van der Waals surface area contributed by atoms with Gasteiger partial charge < -0.3 is 14.4 Å². The summed E-state index contributed by atoms with van der Waals surface area (Å²) in [5.41, 5.74) is 0. The first-order chi connectivity index (χ1) is 9.00. The number of carbonyl (C=O) groups excluding carboxylic acids is 1. The molecule has 106 valence electrons. The largest absolute Gasteiger partial charge is 0.464 e. The second kappa shape index (κ2) is 7.28. The Bertz CT molecular complexity index is 447. The summed E-state index contributed by atoms with van der Waals surface area (Å²) < 4.78 is 27.0. The molecule has 0 radical (unpaired) electrons. The van der Waals surface area contributed by atoms with Gasteiger partial charge in [0.15, 0.2) is 12.5 Å². The molecule has 1 N–H and O–H groups in total. The number of para-hydroxylation sites is 1. The molecule has 0 heterocycles. The smallest absolute Gasteiger partial charge is 0.405 e. The number of carbonyl (C=O) groups is 1. The number of aliphatic hydroxyl groups excluding tert-OH is 1. The van der Waals surface area contributed by atoms with Gasteiger partial charge in [-0.15, -0.1) is 0 Å². The van der Waals surface area contributed by atoms with Crippen molar-refractivity contribution in [3.63, 3.8) is 0 Å². The minimum Gasteiger partial charge on any atom is -0.464 e. The average molecular weight is 288 g/mol. The van der Waals surface area contributed by atoms with Crippen LogP contribution in [-0.2, 0) is 18.6 Å². The van der Waals surface area contributed by atoms with E-state index in [0.29, 0.717) is 0 Å². The fourth-order valence-corrected chi connectivity index (χ4v) is 2.45. The first-order valence-electron chi connectivity index (χ1n) is 5.80. The molecule has 0 saturated heterocycles. The molecule has 0 saturated carbocycles. The molecular formula is C12H17O6P. The van der Waals surface area contributed by atoms with Gasteiger partial charge in [-0.25, -0.2) is 9.36 Å². The second-order valence-corrected chi connectivity index (χ2v) is 5.55. The number of esters is 1. The van der Waals surface area contributed by atoms with Crippen molar-refractivity contribution in [1.82, 2.24) is 0 Å². The molecule has 0 amide bonds. The van der Waals surface area contributed by atoms with Gasteiger partial charge in [0.2, 0.25) is 0 Å². The van der Waals surface area contributed by atoms with Crippen molar-refractivity contribution >= 4 is 13.6 Å². The predicted octanol–water partition coefficient (Wildman–Crippen LogP) is 2.18. The molecule has 1 aromatic carbocycles. The predicted molar refractivity (Wildman–Crippen MR) is 68.9 cm³/mol. The third-order valence-corrected chi connectivity index (χ3v) is 3.57. The van der Waals surface area contributed by atoms with Gasteiger partial charge in [-0.2, -0.15) is 0 Å². The van der Waals surface area contributed by atoms with Crippen LogP contribution in [0, 0.1) is 0 Å². The van der Waals surface area contributed by atoms with Gasteiger partial charge in [0, 0.05) is 0 Å². The van der Waals surface area contributed by atoms with E-state index in [1.54, 1.807) is 37.3 Å².